The van der Waals surface area contributed by atoms with E-state index in [4.69, 9.17) is 9.57 Å². The van der Waals surface area contributed by atoms with Crippen LogP contribution in [0.25, 0.3) is 0 Å². The Morgan fingerprint density at radius 1 is 1.41 bits per heavy atom. The zero-order valence-electron chi connectivity index (χ0n) is 9.94. The Balaban J connectivity index is 1.95. The van der Waals surface area contributed by atoms with Crippen molar-refractivity contribution >= 4 is 11.7 Å². The van der Waals surface area contributed by atoms with E-state index in [-0.39, 0.29) is 5.97 Å². The van der Waals surface area contributed by atoms with Crippen molar-refractivity contribution in [1.82, 2.24) is 0 Å². The Hall–Kier alpha value is -1.55. The van der Waals surface area contributed by atoms with Crippen molar-refractivity contribution in [2.45, 2.75) is 19.8 Å². The largest absolute Gasteiger partial charge is 0.462 e. The van der Waals surface area contributed by atoms with Crippen LogP contribution in [0.5, 0.6) is 0 Å². The first-order valence-electron chi connectivity index (χ1n) is 5.95. The third-order valence-electron chi connectivity index (χ3n) is 2.62. The molecule has 1 fully saturated rings. The van der Waals surface area contributed by atoms with Crippen LogP contribution in [0.15, 0.2) is 24.3 Å². The minimum Gasteiger partial charge on any atom is -0.462 e. The lowest BCUT2D eigenvalue weighted by Crippen LogP contribution is -2.11. The number of carbonyl (C=O) groups is 1. The highest BCUT2D eigenvalue weighted by Gasteiger charge is 2.21. The van der Waals surface area contributed by atoms with Gasteiger partial charge in [0.2, 0.25) is 0 Å². The lowest BCUT2D eigenvalue weighted by Gasteiger charge is -2.10. The maximum absolute atomic E-state index is 11.7. The normalized spacial score (nSPS) is 14.4. The maximum Gasteiger partial charge on any atom is 0.340 e. The molecule has 0 heterocycles. The Kier molecular flexibility index (Phi) is 3.98. The third-order valence-corrected chi connectivity index (χ3v) is 2.62. The van der Waals surface area contributed by atoms with E-state index in [0.717, 1.165) is 0 Å². The molecular formula is C13H17NO3. The molecule has 17 heavy (non-hydrogen) atoms. The topological polar surface area (TPSA) is 47.6 Å². The van der Waals surface area contributed by atoms with Gasteiger partial charge in [-0.15, -0.1) is 0 Å². The predicted octanol–water partition coefficient (Wildman–Crippen LogP) is 2.62. The van der Waals surface area contributed by atoms with Crippen LogP contribution < -0.4 is 5.48 Å². The van der Waals surface area contributed by atoms with Gasteiger partial charge >= 0.3 is 5.97 Å². The number of rotatable bonds is 6. The number of hydrogen-bond donors (Lipinski definition) is 1. The smallest absolute Gasteiger partial charge is 0.340 e. The van der Waals surface area contributed by atoms with Gasteiger partial charge in [-0.25, -0.2) is 4.79 Å². The second-order valence-electron chi connectivity index (χ2n) is 4.12. The first-order chi connectivity index (χ1) is 8.31. The Labute approximate surface area is 101 Å². The Morgan fingerprint density at radius 3 is 2.88 bits per heavy atom. The van der Waals surface area contributed by atoms with E-state index in [1.165, 1.54) is 12.8 Å². The molecule has 92 valence electrons. The van der Waals surface area contributed by atoms with Crippen LogP contribution in [0.3, 0.4) is 0 Å². The van der Waals surface area contributed by atoms with Crippen molar-refractivity contribution < 1.29 is 14.4 Å². The van der Waals surface area contributed by atoms with Crippen molar-refractivity contribution in [1.29, 1.82) is 0 Å². The molecule has 1 aliphatic rings. The number of carbonyl (C=O) groups excluding carboxylic acids is 1. The number of ether oxygens (including phenoxy) is 1. The molecule has 0 spiro atoms. The average molecular weight is 235 g/mol. The lowest BCUT2D eigenvalue weighted by molar-refractivity contribution is 0.0526. The zero-order chi connectivity index (χ0) is 12.1. The average Bonchev–Trinajstić information content (AvgIpc) is 3.14. The minimum atomic E-state index is -0.328. The molecule has 4 nitrogen and oxygen atoms in total. The van der Waals surface area contributed by atoms with E-state index in [1.807, 2.05) is 6.07 Å². The fourth-order valence-corrected chi connectivity index (χ4v) is 1.48. The van der Waals surface area contributed by atoms with E-state index >= 15 is 0 Å². The molecule has 0 bridgehead atoms. The molecule has 1 N–H and O–H groups in total. The predicted molar refractivity (Wildman–Crippen MR) is 64.7 cm³/mol. The molecule has 2 rings (SSSR count). The summed E-state index contributed by atoms with van der Waals surface area (Å²) in [5, 5.41) is 0. The monoisotopic (exact) mass is 235 g/mol. The van der Waals surface area contributed by atoms with Crippen LogP contribution in [0.2, 0.25) is 0 Å². The molecular weight excluding hydrogens is 218 g/mol. The standard InChI is InChI=1S/C13H17NO3/c1-2-16-13(15)11-5-3-4-6-12(11)14-17-9-10-7-8-10/h3-6,10,14H,2,7-9H2,1H3. The van der Waals surface area contributed by atoms with Gasteiger partial charge in [0.15, 0.2) is 0 Å². The van der Waals surface area contributed by atoms with Crippen LogP contribution in [-0.2, 0) is 9.57 Å². The highest BCUT2D eigenvalue weighted by atomic mass is 16.6. The number of hydrogen-bond acceptors (Lipinski definition) is 4. The summed E-state index contributed by atoms with van der Waals surface area (Å²) in [4.78, 5) is 17.0. The summed E-state index contributed by atoms with van der Waals surface area (Å²) in [6.45, 7) is 2.85. The quantitative estimate of drug-likeness (QED) is 0.608. The summed E-state index contributed by atoms with van der Waals surface area (Å²) >= 11 is 0. The van der Waals surface area contributed by atoms with Gasteiger partial charge in [0.1, 0.15) is 0 Å². The fourth-order valence-electron chi connectivity index (χ4n) is 1.48. The van der Waals surface area contributed by atoms with E-state index in [2.05, 4.69) is 5.48 Å². The van der Waals surface area contributed by atoms with Crippen molar-refractivity contribution in [2.24, 2.45) is 5.92 Å². The molecule has 1 aromatic rings. The summed E-state index contributed by atoms with van der Waals surface area (Å²) < 4.78 is 4.97. The second kappa shape index (κ2) is 5.68. The SMILES string of the molecule is CCOC(=O)c1ccccc1NOCC1CC1. The Bertz CT molecular complexity index is 388. The maximum atomic E-state index is 11.7. The summed E-state index contributed by atoms with van der Waals surface area (Å²) in [5.41, 5.74) is 3.99. The highest BCUT2D eigenvalue weighted by molar-refractivity contribution is 5.95. The minimum absolute atomic E-state index is 0.328. The number of nitrogens with one attached hydrogen (secondary N) is 1. The van der Waals surface area contributed by atoms with Gasteiger partial charge in [0, 0.05) is 0 Å². The van der Waals surface area contributed by atoms with Gasteiger partial charge in [-0.2, -0.15) is 0 Å². The second-order valence-corrected chi connectivity index (χ2v) is 4.12. The van der Waals surface area contributed by atoms with Gasteiger partial charge in [0.05, 0.1) is 24.5 Å². The van der Waals surface area contributed by atoms with Gasteiger partial charge in [-0.05, 0) is 37.8 Å². The first-order valence-corrected chi connectivity index (χ1v) is 5.95. The summed E-state index contributed by atoms with van der Waals surface area (Å²) in [6, 6.07) is 7.18. The van der Waals surface area contributed by atoms with Gasteiger partial charge in [-0.3, -0.25) is 10.3 Å². The van der Waals surface area contributed by atoms with Crippen LogP contribution in [0.4, 0.5) is 5.69 Å². The van der Waals surface area contributed by atoms with E-state index in [9.17, 15) is 4.79 Å². The molecule has 0 unspecified atom stereocenters. The van der Waals surface area contributed by atoms with Crippen LogP contribution >= 0.6 is 0 Å². The number of esters is 1. The molecule has 0 saturated heterocycles. The van der Waals surface area contributed by atoms with E-state index in [1.54, 1.807) is 25.1 Å². The van der Waals surface area contributed by atoms with E-state index in [0.29, 0.717) is 30.4 Å². The lowest BCUT2D eigenvalue weighted by atomic mass is 10.2. The van der Waals surface area contributed by atoms with Gasteiger partial charge in [-0.1, -0.05) is 12.1 Å². The third kappa shape index (κ3) is 3.46. The molecule has 0 radical (unpaired) electrons. The molecule has 1 saturated carbocycles. The molecule has 0 amide bonds. The van der Waals surface area contributed by atoms with Crippen LogP contribution in [0.1, 0.15) is 30.1 Å². The molecule has 1 aliphatic carbocycles. The molecule has 1 aromatic carbocycles. The van der Waals surface area contributed by atoms with Gasteiger partial charge in [0.25, 0.3) is 0 Å². The first kappa shape index (κ1) is 11.9. The summed E-state index contributed by atoms with van der Waals surface area (Å²) in [7, 11) is 0. The summed E-state index contributed by atoms with van der Waals surface area (Å²) in [5.74, 6) is 0.350. The van der Waals surface area contributed by atoms with Crippen LogP contribution in [-0.4, -0.2) is 19.2 Å². The highest BCUT2D eigenvalue weighted by Crippen LogP contribution is 2.29. The molecule has 0 atom stereocenters. The fraction of sp³-hybridized carbons (Fsp3) is 0.462. The van der Waals surface area contributed by atoms with Gasteiger partial charge < -0.3 is 4.74 Å². The number of benzene rings is 1. The van der Waals surface area contributed by atoms with Crippen molar-refractivity contribution in [3.8, 4) is 0 Å². The van der Waals surface area contributed by atoms with E-state index < -0.39 is 0 Å². The molecule has 4 heteroatoms. The van der Waals surface area contributed by atoms with Crippen molar-refractivity contribution in [3.05, 3.63) is 29.8 Å². The van der Waals surface area contributed by atoms with Crippen molar-refractivity contribution in [3.63, 3.8) is 0 Å². The summed E-state index contributed by atoms with van der Waals surface area (Å²) in [6.07, 6.45) is 2.47. The molecule has 0 aromatic heterocycles. The Morgan fingerprint density at radius 2 is 2.18 bits per heavy atom. The number of anilines is 1. The van der Waals surface area contributed by atoms with Crippen LogP contribution in [0, 0.1) is 5.92 Å². The molecule has 0 aliphatic heterocycles. The van der Waals surface area contributed by atoms with Crippen molar-refractivity contribution in [2.75, 3.05) is 18.7 Å². The zero-order valence-corrected chi connectivity index (χ0v) is 9.94. The number of para-hydroxylation sites is 1.